The van der Waals surface area contributed by atoms with Gasteiger partial charge >= 0.3 is 0 Å². The predicted octanol–water partition coefficient (Wildman–Crippen LogP) is 3.01. The van der Waals surface area contributed by atoms with E-state index in [9.17, 15) is 0 Å². The Labute approximate surface area is 117 Å². The lowest BCUT2D eigenvalue weighted by atomic mass is 10.1. The quantitative estimate of drug-likeness (QED) is 0.865. The summed E-state index contributed by atoms with van der Waals surface area (Å²) >= 11 is 1.63. The average molecular weight is 278 g/mol. The molecule has 0 atom stereocenters. The van der Waals surface area contributed by atoms with Gasteiger partial charge in [-0.15, -0.1) is 11.3 Å². The van der Waals surface area contributed by atoms with Gasteiger partial charge in [-0.3, -0.25) is 4.90 Å². The first-order valence-corrected chi connectivity index (χ1v) is 7.35. The summed E-state index contributed by atoms with van der Waals surface area (Å²) in [4.78, 5) is 7.03. The Morgan fingerprint density at radius 3 is 3.11 bits per heavy atom. The van der Waals surface area contributed by atoms with Crippen molar-refractivity contribution in [1.29, 1.82) is 0 Å². The highest BCUT2D eigenvalue weighted by atomic mass is 32.1. The molecule has 0 unspecified atom stereocenters. The van der Waals surface area contributed by atoms with Crippen LogP contribution in [0.2, 0.25) is 0 Å². The minimum absolute atomic E-state index is 0.0574. The molecule has 1 aliphatic heterocycles. The van der Waals surface area contributed by atoms with Gasteiger partial charge in [0.1, 0.15) is 0 Å². The van der Waals surface area contributed by atoms with Crippen molar-refractivity contribution < 1.29 is 9.15 Å². The molecule has 1 aliphatic rings. The molecule has 3 rings (SSSR count). The van der Waals surface area contributed by atoms with E-state index in [0.717, 1.165) is 42.7 Å². The fraction of sp³-hybridized carbons (Fsp3) is 0.500. The molecule has 2 aromatic heterocycles. The van der Waals surface area contributed by atoms with Gasteiger partial charge < -0.3 is 9.15 Å². The Morgan fingerprint density at radius 1 is 1.47 bits per heavy atom. The van der Waals surface area contributed by atoms with Crippen LogP contribution in [0.4, 0.5) is 0 Å². The van der Waals surface area contributed by atoms with Gasteiger partial charge in [0, 0.05) is 25.0 Å². The van der Waals surface area contributed by atoms with Crippen molar-refractivity contribution in [2.45, 2.75) is 26.0 Å². The molecule has 19 heavy (non-hydrogen) atoms. The molecule has 0 bridgehead atoms. The van der Waals surface area contributed by atoms with E-state index in [1.807, 2.05) is 12.1 Å². The summed E-state index contributed by atoms with van der Waals surface area (Å²) in [6.45, 7) is 7.85. The third-order valence-electron chi connectivity index (χ3n) is 3.17. The average Bonchev–Trinajstić information content (AvgIpc) is 2.96. The lowest BCUT2D eigenvalue weighted by molar-refractivity contribution is -0.0884. The van der Waals surface area contributed by atoms with Crippen molar-refractivity contribution in [3.8, 4) is 10.8 Å². The standard InChI is InChI=1S/C14H18N2O2S/c1-14(2)10-16(5-7-18-14)8-11-9-19-13(15-11)12-4-3-6-17-12/h3-4,6,9H,5,7-8,10H2,1-2H3. The van der Waals surface area contributed by atoms with Gasteiger partial charge in [-0.2, -0.15) is 0 Å². The topological polar surface area (TPSA) is 38.5 Å². The number of nitrogens with zero attached hydrogens (tertiary/aromatic N) is 2. The molecule has 0 amide bonds. The SMILES string of the molecule is CC1(C)CN(Cc2csc(-c3ccco3)n2)CCO1. The van der Waals surface area contributed by atoms with Gasteiger partial charge in [-0.05, 0) is 26.0 Å². The first-order chi connectivity index (χ1) is 9.12. The van der Waals surface area contributed by atoms with Gasteiger partial charge in [0.05, 0.1) is 24.2 Å². The molecule has 102 valence electrons. The van der Waals surface area contributed by atoms with Crippen LogP contribution in [0, 0.1) is 0 Å². The third kappa shape index (κ3) is 3.05. The fourth-order valence-electron chi connectivity index (χ4n) is 2.37. The Hall–Kier alpha value is -1.17. The molecule has 0 saturated carbocycles. The lowest BCUT2D eigenvalue weighted by Gasteiger charge is -2.37. The van der Waals surface area contributed by atoms with Crippen LogP contribution in [0.15, 0.2) is 28.2 Å². The molecule has 3 heterocycles. The highest BCUT2D eigenvalue weighted by Gasteiger charge is 2.27. The summed E-state index contributed by atoms with van der Waals surface area (Å²) in [7, 11) is 0. The zero-order chi connectivity index (χ0) is 13.3. The summed E-state index contributed by atoms with van der Waals surface area (Å²) in [6, 6.07) is 3.83. The lowest BCUT2D eigenvalue weighted by Crippen LogP contribution is -2.47. The Morgan fingerprint density at radius 2 is 2.37 bits per heavy atom. The summed E-state index contributed by atoms with van der Waals surface area (Å²) in [5.74, 6) is 0.846. The van der Waals surface area contributed by atoms with Crippen LogP contribution >= 0.6 is 11.3 Å². The van der Waals surface area contributed by atoms with Gasteiger partial charge in [-0.25, -0.2) is 4.98 Å². The zero-order valence-corrected chi connectivity index (χ0v) is 12.1. The second-order valence-electron chi connectivity index (χ2n) is 5.44. The van der Waals surface area contributed by atoms with Crippen LogP contribution < -0.4 is 0 Å². The maximum atomic E-state index is 5.72. The summed E-state index contributed by atoms with van der Waals surface area (Å²) in [6.07, 6.45) is 1.68. The Balaban J connectivity index is 1.67. The van der Waals surface area contributed by atoms with E-state index in [2.05, 4.69) is 29.1 Å². The van der Waals surface area contributed by atoms with Crippen molar-refractivity contribution in [3.63, 3.8) is 0 Å². The molecule has 2 aromatic rings. The Bertz CT molecular complexity index is 533. The first kappa shape index (κ1) is 12.8. The van der Waals surface area contributed by atoms with Crippen molar-refractivity contribution in [1.82, 2.24) is 9.88 Å². The first-order valence-electron chi connectivity index (χ1n) is 6.47. The summed E-state index contributed by atoms with van der Waals surface area (Å²) in [5, 5.41) is 3.06. The molecule has 5 heteroatoms. The van der Waals surface area contributed by atoms with E-state index in [1.54, 1.807) is 17.6 Å². The van der Waals surface area contributed by atoms with Crippen LogP contribution in [-0.4, -0.2) is 35.2 Å². The van der Waals surface area contributed by atoms with Crippen LogP contribution in [0.1, 0.15) is 19.5 Å². The normalized spacial score (nSPS) is 19.7. The highest BCUT2D eigenvalue weighted by Crippen LogP contribution is 2.25. The molecule has 1 saturated heterocycles. The molecule has 1 fully saturated rings. The van der Waals surface area contributed by atoms with Gasteiger partial charge in [-0.1, -0.05) is 0 Å². The van der Waals surface area contributed by atoms with Gasteiger partial charge in [0.15, 0.2) is 10.8 Å². The second kappa shape index (κ2) is 5.07. The minimum Gasteiger partial charge on any atom is -0.462 e. The van der Waals surface area contributed by atoms with Crippen LogP contribution in [0.5, 0.6) is 0 Å². The van der Waals surface area contributed by atoms with Crippen molar-refractivity contribution >= 4 is 11.3 Å². The molecule has 0 aromatic carbocycles. The van der Waals surface area contributed by atoms with Crippen LogP contribution in [0.3, 0.4) is 0 Å². The van der Waals surface area contributed by atoms with Crippen LogP contribution in [-0.2, 0) is 11.3 Å². The molecule has 0 spiro atoms. The number of ether oxygens (including phenoxy) is 1. The summed E-state index contributed by atoms with van der Waals surface area (Å²) in [5.41, 5.74) is 1.05. The van der Waals surface area contributed by atoms with Gasteiger partial charge in [0.2, 0.25) is 0 Å². The minimum atomic E-state index is -0.0574. The fourth-order valence-corrected chi connectivity index (χ4v) is 3.15. The maximum absolute atomic E-state index is 5.72. The predicted molar refractivity (Wildman–Crippen MR) is 75.1 cm³/mol. The van der Waals surface area contributed by atoms with E-state index in [1.165, 1.54) is 0 Å². The molecule has 0 aliphatic carbocycles. The molecule has 4 nitrogen and oxygen atoms in total. The number of hydrogen-bond acceptors (Lipinski definition) is 5. The van der Waals surface area contributed by atoms with Gasteiger partial charge in [0.25, 0.3) is 0 Å². The van der Waals surface area contributed by atoms with Crippen molar-refractivity contribution in [2.24, 2.45) is 0 Å². The third-order valence-corrected chi connectivity index (χ3v) is 4.08. The number of rotatable bonds is 3. The van der Waals surface area contributed by atoms with Crippen LogP contribution in [0.25, 0.3) is 10.8 Å². The number of morpholine rings is 1. The molecule has 0 N–H and O–H groups in total. The molecule has 0 radical (unpaired) electrons. The summed E-state index contributed by atoms with van der Waals surface area (Å²) < 4.78 is 11.1. The van der Waals surface area contributed by atoms with E-state index < -0.39 is 0 Å². The number of thiazole rings is 1. The van der Waals surface area contributed by atoms with E-state index in [4.69, 9.17) is 9.15 Å². The monoisotopic (exact) mass is 278 g/mol. The number of furan rings is 1. The Kier molecular flexibility index (Phi) is 3.43. The molecular formula is C14H18N2O2S. The van der Waals surface area contributed by atoms with Crippen molar-refractivity contribution in [3.05, 3.63) is 29.5 Å². The van der Waals surface area contributed by atoms with E-state index in [0.29, 0.717) is 0 Å². The number of hydrogen-bond donors (Lipinski definition) is 0. The number of aromatic nitrogens is 1. The highest BCUT2D eigenvalue weighted by molar-refractivity contribution is 7.13. The van der Waals surface area contributed by atoms with E-state index >= 15 is 0 Å². The second-order valence-corrected chi connectivity index (χ2v) is 6.30. The maximum Gasteiger partial charge on any atom is 0.162 e. The van der Waals surface area contributed by atoms with Crippen molar-refractivity contribution in [2.75, 3.05) is 19.7 Å². The van der Waals surface area contributed by atoms with E-state index in [-0.39, 0.29) is 5.60 Å². The zero-order valence-electron chi connectivity index (χ0n) is 11.3. The smallest absolute Gasteiger partial charge is 0.162 e. The molecular weight excluding hydrogens is 260 g/mol. The largest absolute Gasteiger partial charge is 0.462 e.